The standard InChI is InChI=1S/C13H11N3/c1-2-6-12(7-3-1)16-11-8-14-13(16)15-9-4-5-10-15/h1-11H. The summed E-state index contributed by atoms with van der Waals surface area (Å²) in [6, 6.07) is 14.2. The van der Waals surface area contributed by atoms with Crippen molar-refractivity contribution in [2.24, 2.45) is 0 Å². The molecule has 3 aromatic rings. The van der Waals surface area contributed by atoms with Crippen LogP contribution in [-0.4, -0.2) is 14.1 Å². The first kappa shape index (κ1) is 8.97. The van der Waals surface area contributed by atoms with Gasteiger partial charge in [0.05, 0.1) is 0 Å². The van der Waals surface area contributed by atoms with Gasteiger partial charge in [0.1, 0.15) is 0 Å². The number of imidazole rings is 1. The molecule has 0 bridgehead atoms. The summed E-state index contributed by atoms with van der Waals surface area (Å²) in [6.07, 6.45) is 7.75. The molecule has 2 heterocycles. The Morgan fingerprint density at radius 1 is 0.812 bits per heavy atom. The normalized spacial score (nSPS) is 10.5. The first-order valence-electron chi connectivity index (χ1n) is 5.17. The van der Waals surface area contributed by atoms with Crippen LogP contribution in [0, 0.1) is 0 Å². The van der Waals surface area contributed by atoms with Crippen LogP contribution in [0.3, 0.4) is 0 Å². The smallest absolute Gasteiger partial charge is 0.218 e. The number of hydrogen-bond donors (Lipinski definition) is 0. The third-order valence-corrected chi connectivity index (χ3v) is 2.49. The molecule has 3 heteroatoms. The van der Waals surface area contributed by atoms with Gasteiger partial charge in [-0.25, -0.2) is 4.98 Å². The van der Waals surface area contributed by atoms with Crippen molar-refractivity contribution in [3.8, 4) is 11.6 Å². The molecule has 0 saturated heterocycles. The number of para-hydroxylation sites is 1. The molecule has 2 aromatic heterocycles. The molecule has 16 heavy (non-hydrogen) atoms. The maximum absolute atomic E-state index is 4.36. The topological polar surface area (TPSA) is 22.8 Å². The molecule has 0 saturated carbocycles. The van der Waals surface area contributed by atoms with Crippen LogP contribution in [0.2, 0.25) is 0 Å². The first-order valence-corrected chi connectivity index (χ1v) is 5.17. The van der Waals surface area contributed by atoms with E-state index in [4.69, 9.17) is 0 Å². The highest BCUT2D eigenvalue weighted by Gasteiger charge is 2.04. The molecule has 0 amide bonds. The molecule has 78 valence electrons. The molecule has 0 radical (unpaired) electrons. The average molecular weight is 209 g/mol. The average Bonchev–Trinajstić information content (AvgIpc) is 3.01. The minimum Gasteiger partial charge on any atom is -0.294 e. The van der Waals surface area contributed by atoms with E-state index >= 15 is 0 Å². The van der Waals surface area contributed by atoms with Gasteiger partial charge in [-0.15, -0.1) is 0 Å². The lowest BCUT2D eigenvalue weighted by Crippen LogP contribution is -2.02. The van der Waals surface area contributed by atoms with E-state index in [0.717, 1.165) is 11.6 Å². The zero-order valence-corrected chi connectivity index (χ0v) is 8.69. The Labute approximate surface area is 93.6 Å². The lowest BCUT2D eigenvalue weighted by Gasteiger charge is -2.07. The van der Waals surface area contributed by atoms with Gasteiger partial charge in [-0.05, 0) is 24.3 Å². The monoisotopic (exact) mass is 209 g/mol. The Balaban J connectivity index is 2.14. The number of benzene rings is 1. The van der Waals surface area contributed by atoms with E-state index in [9.17, 15) is 0 Å². The molecule has 0 N–H and O–H groups in total. The van der Waals surface area contributed by atoms with Crippen LogP contribution in [0.4, 0.5) is 0 Å². The molecule has 0 aliphatic heterocycles. The molecule has 3 nitrogen and oxygen atoms in total. The van der Waals surface area contributed by atoms with Crippen LogP contribution in [-0.2, 0) is 0 Å². The van der Waals surface area contributed by atoms with Gasteiger partial charge < -0.3 is 0 Å². The fraction of sp³-hybridized carbons (Fsp3) is 0. The maximum Gasteiger partial charge on any atom is 0.218 e. The first-order chi connectivity index (χ1) is 7.95. The van der Waals surface area contributed by atoms with E-state index in [1.807, 2.05) is 59.7 Å². The summed E-state index contributed by atoms with van der Waals surface area (Å²) in [7, 11) is 0. The van der Waals surface area contributed by atoms with Gasteiger partial charge >= 0.3 is 0 Å². The van der Waals surface area contributed by atoms with Gasteiger partial charge in [0.15, 0.2) is 0 Å². The molecule has 1 aromatic carbocycles. The van der Waals surface area contributed by atoms with Crippen LogP contribution in [0.5, 0.6) is 0 Å². The van der Waals surface area contributed by atoms with Gasteiger partial charge in [-0.2, -0.15) is 0 Å². The molecule has 3 rings (SSSR count). The highest BCUT2D eigenvalue weighted by Crippen LogP contribution is 2.13. The lowest BCUT2D eigenvalue weighted by atomic mass is 10.3. The predicted molar refractivity (Wildman–Crippen MR) is 62.9 cm³/mol. The Hall–Kier alpha value is -2.29. The number of nitrogens with zero attached hydrogens (tertiary/aromatic N) is 3. The van der Waals surface area contributed by atoms with Gasteiger partial charge in [0, 0.05) is 30.5 Å². The SMILES string of the molecule is c1ccc(-n2ccnc2-n2cccc2)cc1. The van der Waals surface area contributed by atoms with Gasteiger partial charge in [0.25, 0.3) is 0 Å². The summed E-state index contributed by atoms with van der Waals surface area (Å²) >= 11 is 0. The summed E-state index contributed by atoms with van der Waals surface area (Å²) in [4.78, 5) is 4.36. The minimum absolute atomic E-state index is 0.899. The number of hydrogen-bond acceptors (Lipinski definition) is 1. The van der Waals surface area contributed by atoms with Crippen LogP contribution < -0.4 is 0 Å². The fourth-order valence-corrected chi connectivity index (χ4v) is 1.74. The van der Waals surface area contributed by atoms with E-state index in [-0.39, 0.29) is 0 Å². The summed E-state index contributed by atoms with van der Waals surface area (Å²) in [5.74, 6) is 0.899. The lowest BCUT2D eigenvalue weighted by molar-refractivity contribution is 0.896. The Morgan fingerprint density at radius 2 is 1.56 bits per heavy atom. The highest BCUT2D eigenvalue weighted by molar-refractivity contribution is 5.36. The molecule has 0 aliphatic carbocycles. The van der Waals surface area contributed by atoms with Crippen molar-refractivity contribution >= 4 is 0 Å². The molecule has 0 atom stereocenters. The Morgan fingerprint density at radius 3 is 2.31 bits per heavy atom. The second-order valence-corrected chi connectivity index (χ2v) is 3.52. The molecule has 0 unspecified atom stereocenters. The third-order valence-electron chi connectivity index (χ3n) is 2.49. The Kier molecular flexibility index (Phi) is 2.07. The predicted octanol–water partition coefficient (Wildman–Crippen LogP) is 2.66. The van der Waals surface area contributed by atoms with E-state index < -0.39 is 0 Å². The van der Waals surface area contributed by atoms with Crippen molar-refractivity contribution in [3.05, 3.63) is 67.3 Å². The molecular formula is C13H11N3. The molecule has 0 fully saturated rings. The number of aromatic nitrogens is 3. The van der Waals surface area contributed by atoms with Crippen molar-refractivity contribution in [1.82, 2.24) is 14.1 Å². The summed E-state index contributed by atoms with van der Waals surface area (Å²) in [6.45, 7) is 0. The Bertz CT molecular complexity index is 564. The fourth-order valence-electron chi connectivity index (χ4n) is 1.74. The van der Waals surface area contributed by atoms with E-state index in [0.29, 0.717) is 0 Å². The van der Waals surface area contributed by atoms with Crippen LogP contribution >= 0.6 is 0 Å². The molecular weight excluding hydrogens is 198 g/mol. The largest absolute Gasteiger partial charge is 0.294 e. The van der Waals surface area contributed by atoms with Gasteiger partial charge in [0.2, 0.25) is 5.95 Å². The number of rotatable bonds is 2. The second-order valence-electron chi connectivity index (χ2n) is 3.52. The van der Waals surface area contributed by atoms with Gasteiger partial charge in [-0.1, -0.05) is 18.2 Å². The maximum atomic E-state index is 4.36. The summed E-state index contributed by atoms with van der Waals surface area (Å²) < 4.78 is 4.05. The highest BCUT2D eigenvalue weighted by atomic mass is 15.2. The molecule has 0 spiro atoms. The minimum atomic E-state index is 0.899. The molecule has 0 aliphatic rings. The van der Waals surface area contributed by atoms with Crippen molar-refractivity contribution in [2.75, 3.05) is 0 Å². The quantitative estimate of drug-likeness (QED) is 0.636. The van der Waals surface area contributed by atoms with E-state index in [1.165, 1.54) is 0 Å². The van der Waals surface area contributed by atoms with Crippen molar-refractivity contribution in [2.45, 2.75) is 0 Å². The summed E-state index contributed by atoms with van der Waals surface area (Å²) in [5, 5.41) is 0. The van der Waals surface area contributed by atoms with Crippen LogP contribution in [0.1, 0.15) is 0 Å². The summed E-state index contributed by atoms with van der Waals surface area (Å²) in [5.41, 5.74) is 1.11. The van der Waals surface area contributed by atoms with Crippen molar-refractivity contribution in [1.29, 1.82) is 0 Å². The second kappa shape index (κ2) is 3.70. The van der Waals surface area contributed by atoms with Crippen molar-refractivity contribution in [3.63, 3.8) is 0 Å². The van der Waals surface area contributed by atoms with E-state index in [2.05, 4.69) is 21.7 Å². The van der Waals surface area contributed by atoms with Crippen LogP contribution in [0.15, 0.2) is 67.3 Å². The van der Waals surface area contributed by atoms with E-state index in [1.54, 1.807) is 0 Å². The van der Waals surface area contributed by atoms with Crippen LogP contribution in [0.25, 0.3) is 11.6 Å². The van der Waals surface area contributed by atoms with Gasteiger partial charge in [-0.3, -0.25) is 9.13 Å². The zero-order chi connectivity index (χ0) is 10.8. The van der Waals surface area contributed by atoms with Crippen molar-refractivity contribution < 1.29 is 0 Å². The third kappa shape index (κ3) is 1.42. The zero-order valence-electron chi connectivity index (χ0n) is 8.69.